The summed E-state index contributed by atoms with van der Waals surface area (Å²) in [5.41, 5.74) is 10.6. The fourth-order valence-corrected chi connectivity index (χ4v) is 4.08. The van der Waals surface area contributed by atoms with Crippen LogP contribution < -0.4 is 0 Å². The van der Waals surface area contributed by atoms with Gasteiger partial charge >= 0.3 is 0 Å². The molecule has 4 rings (SSSR count). The van der Waals surface area contributed by atoms with Crippen LogP contribution in [0.5, 0.6) is 0 Å². The van der Waals surface area contributed by atoms with Crippen LogP contribution in [0.25, 0.3) is 28.3 Å². The van der Waals surface area contributed by atoms with Gasteiger partial charge in [-0.2, -0.15) is 0 Å². The molecule has 1 aromatic heterocycles. The maximum absolute atomic E-state index is 5.10. The summed E-state index contributed by atoms with van der Waals surface area (Å²) >= 11 is 0. The van der Waals surface area contributed by atoms with Crippen molar-refractivity contribution in [1.29, 1.82) is 0 Å². The smallest absolute Gasteiger partial charge is 0.0801 e. The van der Waals surface area contributed by atoms with E-state index < -0.39 is 0 Å². The van der Waals surface area contributed by atoms with E-state index in [1.165, 1.54) is 27.9 Å². The first-order chi connectivity index (χ1) is 13.5. The first kappa shape index (κ1) is 21.2. The van der Waals surface area contributed by atoms with Gasteiger partial charge in [-0.1, -0.05) is 41.5 Å². The Kier molecular flexibility index (Phi) is 6.21. The van der Waals surface area contributed by atoms with Crippen molar-refractivity contribution < 1.29 is 20.1 Å². The average Bonchev–Trinajstić information content (AvgIpc) is 2.99. The Labute approximate surface area is 187 Å². The molecule has 0 unspecified atom stereocenters. The Morgan fingerprint density at radius 3 is 2.14 bits per heavy atom. The molecule has 0 bridgehead atoms. The van der Waals surface area contributed by atoms with Gasteiger partial charge in [-0.3, -0.25) is 4.98 Å². The van der Waals surface area contributed by atoms with E-state index in [1.54, 1.807) is 0 Å². The molecule has 0 spiro atoms. The standard InChI is InChI=1S/C26H25N2.Ir/c1-17-10-9-13-23(16-17)24-21(5)28(25-19(3)14-18(2)15-20(25)4)26(27-24)22-11-7-6-8-12-22;/h6-11,13-16H,1-5H3;/q-1;. The molecule has 3 heteroatoms. The zero-order chi connectivity index (χ0) is 19.8. The largest absolute Gasteiger partial charge is 0.336 e. The molecule has 0 amide bonds. The second kappa shape index (κ2) is 8.49. The summed E-state index contributed by atoms with van der Waals surface area (Å²) in [7, 11) is 0. The van der Waals surface area contributed by atoms with E-state index in [1.807, 2.05) is 18.2 Å². The van der Waals surface area contributed by atoms with Gasteiger partial charge in [0.1, 0.15) is 0 Å². The molecule has 1 radical (unpaired) electrons. The van der Waals surface area contributed by atoms with Crippen LogP contribution in [0, 0.1) is 40.7 Å². The quantitative estimate of drug-likeness (QED) is 0.262. The van der Waals surface area contributed by atoms with E-state index in [-0.39, 0.29) is 20.1 Å². The Bertz CT molecular complexity index is 1130. The Morgan fingerprint density at radius 2 is 1.52 bits per heavy atom. The third-order valence-corrected chi connectivity index (χ3v) is 5.21. The summed E-state index contributed by atoms with van der Waals surface area (Å²) in [5.74, 6) is 0.935. The van der Waals surface area contributed by atoms with Gasteiger partial charge in [-0.15, -0.1) is 35.9 Å². The molecule has 29 heavy (non-hydrogen) atoms. The minimum absolute atomic E-state index is 0. The van der Waals surface area contributed by atoms with Crippen molar-refractivity contribution in [3.63, 3.8) is 0 Å². The van der Waals surface area contributed by atoms with Gasteiger partial charge in [0, 0.05) is 37.1 Å². The third-order valence-electron chi connectivity index (χ3n) is 5.21. The van der Waals surface area contributed by atoms with Crippen molar-refractivity contribution >= 4 is 0 Å². The van der Waals surface area contributed by atoms with E-state index in [9.17, 15) is 0 Å². The fourth-order valence-electron chi connectivity index (χ4n) is 4.08. The van der Waals surface area contributed by atoms with Crippen molar-refractivity contribution in [3.8, 4) is 28.3 Å². The summed E-state index contributed by atoms with van der Waals surface area (Å²) in [6.45, 7) is 10.8. The van der Waals surface area contributed by atoms with E-state index in [2.05, 4.69) is 87.7 Å². The molecule has 0 N–H and O–H groups in total. The van der Waals surface area contributed by atoms with Gasteiger partial charge in [0.05, 0.1) is 11.5 Å². The van der Waals surface area contributed by atoms with E-state index in [0.717, 1.165) is 28.3 Å². The maximum Gasteiger partial charge on any atom is 0.0801 e. The van der Waals surface area contributed by atoms with Crippen LogP contribution in [0.15, 0.2) is 60.7 Å². The minimum atomic E-state index is 0. The number of imidazole rings is 1. The van der Waals surface area contributed by atoms with Crippen molar-refractivity contribution in [2.75, 3.05) is 0 Å². The Hall–Kier alpha value is -2.48. The van der Waals surface area contributed by atoms with Gasteiger partial charge < -0.3 is 4.57 Å². The van der Waals surface area contributed by atoms with E-state index in [0.29, 0.717) is 0 Å². The van der Waals surface area contributed by atoms with Crippen LogP contribution in [-0.4, -0.2) is 9.55 Å². The second-order valence-electron chi connectivity index (χ2n) is 7.60. The molecule has 0 saturated heterocycles. The molecule has 0 saturated carbocycles. The molecule has 1 heterocycles. The van der Waals surface area contributed by atoms with Gasteiger partial charge in [0.2, 0.25) is 0 Å². The normalized spacial score (nSPS) is 10.7. The van der Waals surface area contributed by atoms with Crippen molar-refractivity contribution in [1.82, 2.24) is 9.55 Å². The summed E-state index contributed by atoms with van der Waals surface area (Å²) in [4.78, 5) is 5.10. The van der Waals surface area contributed by atoms with Crippen LogP contribution in [0.3, 0.4) is 0 Å². The summed E-state index contributed by atoms with van der Waals surface area (Å²) < 4.78 is 2.30. The molecule has 0 aliphatic rings. The molecule has 0 aliphatic heterocycles. The summed E-state index contributed by atoms with van der Waals surface area (Å²) in [6, 6.07) is 24.5. The van der Waals surface area contributed by atoms with Crippen molar-refractivity contribution in [2.45, 2.75) is 34.6 Å². The van der Waals surface area contributed by atoms with Crippen LogP contribution >= 0.6 is 0 Å². The fraction of sp³-hybridized carbons (Fsp3) is 0.192. The number of aromatic nitrogens is 2. The molecule has 0 aliphatic carbocycles. The number of hydrogen-bond acceptors (Lipinski definition) is 1. The molecular weight excluding hydrogens is 533 g/mol. The monoisotopic (exact) mass is 558 g/mol. The SMILES string of the molecule is Cc1cccc(-c2nc(-c3[c-]cccc3)n(-c3c(C)cc(C)cc3C)c2C)c1.[Ir]. The van der Waals surface area contributed by atoms with Crippen molar-refractivity contribution in [3.05, 3.63) is 94.7 Å². The molecule has 3 aromatic carbocycles. The van der Waals surface area contributed by atoms with Crippen LogP contribution in [0.4, 0.5) is 0 Å². The third kappa shape index (κ3) is 3.98. The second-order valence-corrected chi connectivity index (χ2v) is 7.60. The zero-order valence-electron chi connectivity index (χ0n) is 17.5. The molecule has 4 aromatic rings. The number of hydrogen-bond donors (Lipinski definition) is 0. The molecule has 2 nitrogen and oxygen atoms in total. The first-order valence-corrected chi connectivity index (χ1v) is 9.67. The van der Waals surface area contributed by atoms with Gasteiger partial charge in [-0.05, 0) is 51.8 Å². The summed E-state index contributed by atoms with van der Waals surface area (Å²) in [6.07, 6.45) is 0. The molecule has 0 fully saturated rings. The number of rotatable bonds is 3. The molecule has 149 valence electrons. The topological polar surface area (TPSA) is 17.8 Å². The maximum atomic E-state index is 5.10. The van der Waals surface area contributed by atoms with Crippen LogP contribution in [-0.2, 0) is 20.1 Å². The molecular formula is C26H25IrN2-. The van der Waals surface area contributed by atoms with Gasteiger partial charge in [0.25, 0.3) is 0 Å². The van der Waals surface area contributed by atoms with Gasteiger partial charge in [0.15, 0.2) is 0 Å². The summed E-state index contributed by atoms with van der Waals surface area (Å²) in [5, 5.41) is 0. The van der Waals surface area contributed by atoms with Crippen LogP contribution in [0.2, 0.25) is 0 Å². The predicted molar refractivity (Wildman–Crippen MR) is 117 cm³/mol. The minimum Gasteiger partial charge on any atom is -0.336 e. The van der Waals surface area contributed by atoms with E-state index in [4.69, 9.17) is 4.98 Å². The average molecular weight is 558 g/mol. The Balaban J connectivity index is 0.00000240. The van der Waals surface area contributed by atoms with Gasteiger partial charge in [-0.25, -0.2) is 0 Å². The number of aryl methyl sites for hydroxylation is 4. The zero-order valence-corrected chi connectivity index (χ0v) is 19.9. The van der Waals surface area contributed by atoms with Crippen molar-refractivity contribution in [2.24, 2.45) is 0 Å². The predicted octanol–water partition coefficient (Wildman–Crippen LogP) is 6.55. The van der Waals surface area contributed by atoms with Crippen LogP contribution in [0.1, 0.15) is 27.9 Å². The number of benzene rings is 3. The molecule has 0 atom stereocenters. The first-order valence-electron chi connectivity index (χ1n) is 9.67. The Morgan fingerprint density at radius 1 is 0.793 bits per heavy atom. The number of nitrogens with zero attached hydrogens (tertiary/aromatic N) is 2. The van der Waals surface area contributed by atoms with E-state index >= 15 is 0 Å².